The highest BCUT2D eigenvalue weighted by molar-refractivity contribution is 6.04. The second-order valence-electron chi connectivity index (χ2n) is 18.0. The Bertz CT molecular complexity index is 4050. The maximum absolute atomic E-state index is 4.94. The quantitative estimate of drug-likeness (QED) is 0.144. The first-order valence-corrected chi connectivity index (χ1v) is 24.0. The van der Waals surface area contributed by atoms with Crippen molar-refractivity contribution in [2.75, 3.05) is 9.80 Å². The largest absolute Gasteiger partial charge is 0.310 e. The van der Waals surface area contributed by atoms with Crippen LogP contribution < -0.4 is 9.80 Å². The van der Waals surface area contributed by atoms with Crippen LogP contribution in [0.3, 0.4) is 0 Å². The summed E-state index contributed by atoms with van der Waals surface area (Å²) in [5.74, 6) is 0. The van der Waals surface area contributed by atoms with Crippen molar-refractivity contribution < 1.29 is 0 Å². The molecule has 0 atom stereocenters. The van der Waals surface area contributed by atoms with E-state index in [9.17, 15) is 0 Å². The Morgan fingerprint density at radius 1 is 0.306 bits per heavy atom. The lowest BCUT2D eigenvalue weighted by atomic mass is 10.0. The average molecular weight is 921 g/mol. The SMILES string of the molecule is c1c(-c2ccc(N(c3ccc(-n4nc5ccc6ccccc6c5n4)cc3)c3ccc4ccccc4c3)cc2)ccc(N(c2ccc(-n3nc4ccc5ccccc5c4n3)cc2)c2ccc3ccccc3c2)c#1. The summed E-state index contributed by atoms with van der Waals surface area (Å²) in [5, 5.41) is 28.7. The highest BCUT2D eigenvalue weighted by atomic mass is 15.5. The summed E-state index contributed by atoms with van der Waals surface area (Å²) < 4.78 is 0. The number of hydrogen-bond donors (Lipinski definition) is 0. The smallest absolute Gasteiger partial charge is 0.121 e. The van der Waals surface area contributed by atoms with Gasteiger partial charge in [0.15, 0.2) is 0 Å². The Balaban J connectivity index is 0.787. The molecule has 72 heavy (non-hydrogen) atoms. The highest BCUT2D eigenvalue weighted by Crippen LogP contribution is 2.39. The summed E-state index contributed by atoms with van der Waals surface area (Å²) in [6.07, 6.45) is 0. The molecule has 0 aliphatic heterocycles. The number of aromatic nitrogens is 6. The van der Waals surface area contributed by atoms with E-state index in [-0.39, 0.29) is 0 Å². The lowest BCUT2D eigenvalue weighted by Gasteiger charge is -2.26. The van der Waals surface area contributed by atoms with Gasteiger partial charge in [-0.05, 0) is 153 Å². The first-order chi connectivity index (χ1) is 35.6. The lowest BCUT2D eigenvalue weighted by molar-refractivity contribution is 0.766. The van der Waals surface area contributed by atoms with Gasteiger partial charge in [-0.3, -0.25) is 0 Å². The topological polar surface area (TPSA) is 67.9 Å². The number of anilines is 6. The Hall–Kier alpha value is -10.1. The summed E-state index contributed by atoms with van der Waals surface area (Å²) in [4.78, 5) is 7.97. The molecule has 0 bridgehead atoms. The predicted molar refractivity (Wildman–Crippen MR) is 294 cm³/mol. The number of hydrogen-bond acceptors (Lipinski definition) is 6. The van der Waals surface area contributed by atoms with E-state index in [1.165, 1.54) is 16.2 Å². The van der Waals surface area contributed by atoms with E-state index in [0.717, 1.165) is 106 Å². The molecule has 0 aliphatic carbocycles. The van der Waals surface area contributed by atoms with Crippen LogP contribution in [0, 0.1) is 12.1 Å². The summed E-state index contributed by atoms with van der Waals surface area (Å²) in [6.45, 7) is 0. The third-order valence-electron chi connectivity index (χ3n) is 13.6. The van der Waals surface area contributed by atoms with Gasteiger partial charge in [-0.2, -0.15) is 9.59 Å². The second-order valence-corrected chi connectivity index (χ2v) is 18.0. The number of benzene rings is 11. The van der Waals surface area contributed by atoms with E-state index in [2.05, 4.69) is 228 Å². The molecule has 0 radical (unpaired) electrons. The van der Waals surface area contributed by atoms with Crippen molar-refractivity contribution in [3.8, 4) is 22.5 Å². The van der Waals surface area contributed by atoms with Crippen molar-refractivity contribution in [2.24, 2.45) is 0 Å². The minimum absolute atomic E-state index is 0.857. The van der Waals surface area contributed by atoms with Crippen molar-refractivity contribution in [3.63, 3.8) is 0 Å². The van der Waals surface area contributed by atoms with Crippen molar-refractivity contribution in [1.82, 2.24) is 30.0 Å². The predicted octanol–water partition coefficient (Wildman–Crippen LogP) is 16.0. The molecule has 14 rings (SSSR count). The van der Waals surface area contributed by atoms with E-state index < -0.39 is 0 Å². The van der Waals surface area contributed by atoms with Crippen molar-refractivity contribution in [3.05, 3.63) is 255 Å². The number of rotatable bonds is 9. The molecule has 8 nitrogen and oxygen atoms in total. The van der Waals surface area contributed by atoms with Crippen LogP contribution >= 0.6 is 0 Å². The van der Waals surface area contributed by atoms with E-state index >= 15 is 0 Å². The van der Waals surface area contributed by atoms with Crippen LogP contribution in [0.2, 0.25) is 0 Å². The van der Waals surface area contributed by atoms with Gasteiger partial charge in [-0.25, -0.2) is 0 Å². The molecule has 2 aromatic heterocycles. The first kappa shape index (κ1) is 40.9. The molecular weight excluding hydrogens is 881 g/mol. The second kappa shape index (κ2) is 16.8. The van der Waals surface area contributed by atoms with Crippen LogP contribution in [0.1, 0.15) is 0 Å². The molecule has 0 aliphatic rings. The van der Waals surface area contributed by atoms with Gasteiger partial charge in [0.05, 0.1) is 17.1 Å². The van der Waals surface area contributed by atoms with E-state index in [4.69, 9.17) is 20.4 Å². The summed E-state index contributed by atoms with van der Waals surface area (Å²) >= 11 is 0. The Labute approximate surface area is 414 Å². The summed E-state index contributed by atoms with van der Waals surface area (Å²) in [5.41, 5.74) is 13.2. The first-order valence-electron chi connectivity index (χ1n) is 24.0. The Kier molecular flexibility index (Phi) is 9.57. The molecule has 12 aromatic carbocycles. The van der Waals surface area contributed by atoms with Gasteiger partial charge in [0.1, 0.15) is 22.1 Å². The third-order valence-corrected chi connectivity index (χ3v) is 13.6. The van der Waals surface area contributed by atoms with Gasteiger partial charge >= 0.3 is 0 Å². The van der Waals surface area contributed by atoms with Gasteiger partial charge in [0, 0.05) is 44.8 Å². The molecule has 2 heterocycles. The van der Waals surface area contributed by atoms with Crippen molar-refractivity contribution in [2.45, 2.75) is 0 Å². The van der Waals surface area contributed by atoms with Crippen LogP contribution in [0.4, 0.5) is 34.1 Å². The van der Waals surface area contributed by atoms with Crippen LogP contribution in [0.5, 0.6) is 0 Å². The molecule has 0 saturated heterocycles. The van der Waals surface area contributed by atoms with E-state index in [1.807, 2.05) is 36.4 Å². The fourth-order valence-corrected chi connectivity index (χ4v) is 9.97. The minimum Gasteiger partial charge on any atom is -0.310 e. The highest BCUT2D eigenvalue weighted by Gasteiger charge is 2.18. The van der Waals surface area contributed by atoms with Gasteiger partial charge < -0.3 is 9.80 Å². The monoisotopic (exact) mass is 920 g/mol. The average Bonchev–Trinajstić information content (AvgIpc) is 4.10. The van der Waals surface area contributed by atoms with E-state index in [1.54, 1.807) is 9.59 Å². The normalized spacial score (nSPS) is 11.5. The third kappa shape index (κ3) is 7.20. The van der Waals surface area contributed by atoms with Gasteiger partial charge in [0.25, 0.3) is 0 Å². The Morgan fingerprint density at radius 3 is 1.22 bits per heavy atom. The fourth-order valence-electron chi connectivity index (χ4n) is 9.97. The fraction of sp³-hybridized carbons (Fsp3) is 0. The standard InChI is InChI=1S/C64H40N8/c1-3-13-49-41-57(29-21-43(49)9-1)69(53-31-35-55(36-32-53)71-65-61-39-23-47-11-5-7-15-59(47)63(61)67-71)51-25-17-45(18-26-51)46-19-27-52(28-20-46)70(58-30-22-44-10-2-4-14-50(44)42-58)54-33-37-56(38-34-54)72-66-62-40-24-48-12-6-8-16-60(48)64(62)68-72/h1-19,21-27,29-42H. The zero-order valence-corrected chi connectivity index (χ0v) is 38.7. The van der Waals surface area contributed by atoms with Gasteiger partial charge in [-0.1, -0.05) is 140 Å². The molecule has 0 spiro atoms. The van der Waals surface area contributed by atoms with Crippen molar-refractivity contribution >= 4 is 99.3 Å². The molecular formula is C64H40N8. The van der Waals surface area contributed by atoms with Crippen LogP contribution in [-0.2, 0) is 0 Å². The molecule has 0 saturated carbocycles. The Morgan fingerprint density at radius 2 is 0.722 bits per heavy atom. The molecule has 0 unspecified atom stereocenters. The van der Waals surface area contributed by atoms with Crippen LogP contribution in [0.25, 0.3) is 87.7 Å². The van der Waals surface area contributed by atoms with Crippen molar-refractivity contribution in [1.29, 1.82) is 0 Å². The molecule has 0 amide bonds. The molecule has 0 N–H and O–H groups in total. The molecule has 336 valence electrons. The molecule has 0 fully saturated rings. The molecule has 14 aromatic rings. The maximum atomic E-state index is 4.94. The summed E-state index contributed by atoms with van der Waals surface area (Å²) in [7, 11) is 0. The van der Waals surface area contributed by atoms with Crippen LogP contribution in [-0.4, -0.2) is 30.0 Å². The summed E-state index contributed by atoms with van der Waals surface area (Å²) in [6, 6.07) is 91.8. The zero-order chi connectivity index (χ0) is 47.5. The van der Waals surface area contributed by atoms with Crippen LogP contribution in [0.15, 0.2) is 243 Å². The zero-order valence-electron chi connectivity index (χ0n) is 38.7. The van der Waals surface area contributed by atoms with E-state index in [0.29, 0.717) is 0 Å². The van der Waals surface area contributed by atoms with Gasteiger partial charge in [0.2, 0.25) is 0 Å². The number of fused-ring (bicyclic) bond motifs is 8. The van der Waals surface area contributed by atoms with Gasteiger partial charge in [-0.15, -0.1) is 20.4 Å². The lowest BCUT2D eigenvalue weighted by Crippen LogP contribution is -2.10. The molecule has 8 heteroatoms. The minimum atomic E-state index is 0.857. The maximum Gasteiger partial charge on any atom is 0.121 e. The number of nitrogens with zero attached hydrogens (tertiary/aromatic N) is 8.